The molecule has 0 fully saturated rings. The van der Waals surface area contributed by atoms with Crippen LogP contribution in [0, 0.1) is 26.6 Å². The highest BCUT2D eigenvalue weighted by Gasteiger charge is 2.19. The highest BCUT2D eigenvalue weighted by molar-refractivity contribution is 7.85. The second-order valence-corrected chi connectivity index (χ2v) is 8.63. The van der Waals surface area contributed by atoms with Crippen molar-refractivity contribution in [2.24, 2.45) is 4.40 Å². The first-order chi connectivity index (χ1) is 11.1. The third-order valence-corrected chi connectivity index (χ3v) is 4.89. The van der Waals surface area contributed by atoms with E-state index in [9.17, 15) is 8.60 Å². The van der Waals surface area contributed by atoms with Gasteiger partial charge >= 0.3 is 0 Å². The molecule has 2 aromatic rings. The van der Waals surface area contributed by atoms with Crippen LogP contribution in [0.1, 0.15) is 43.3 Å². The Kier molecular flexibility index (Phi) is 5.28. The molecule has 4 nitrogen and oxygen atoms in total. The van der Waals surface area contributed by atoms with Gasteiger partial charge in [0.2, 0.25) is 0 Å². The summed E-state index contributed by atoms with van der Waals surface area (Å²) in [7, 11) is -1.47. The molecule has 128 valence electrons. The van der Waals surface area contributed by atoms with E-state index >= 15 is 0 Å². The molecule has 0 aliphatic rings. The fourth-order valence-electron chi connectivity index (χ4n) is 2.20. The molecule has 0 spiro atoms. The number of halogens is 1. The average Bonchev–Trinajstić information content (AvgIpc) is 2.47. The molecule has 0 saturated heterocycles. The summed E-state index contributed by atoms with van der Waals surface area (Å²) in [6, 6.07) is 5.89. The molecular weight excluding hydrogens is 325 g/mol. The van der Waals surface area contributed by atoms with E-state index in [1.54, 1.807) is 6.92 Å². The zero-order chi connectivity index (χ0) is 18.1. The largest absolute Gasteiger partial charge is 0.234 e. The minimum atomic E-state index is -1.47. The van der Waals surface area contributed by atoms with E-state index in [2.05, 4.69) is 14.4 Å². The second-order valence-electron chi connectivity index (χ2n) is 6.69. The Bertz CT molecular complexity index is 805. The summed E-state index contributed by atoms with van der Waals surface area (Å²) in [5, 5.41) is 0. The van der Waals surface area contributed by atoms with Gasteiger partial charge in [-0.2, -0.15) is 4.40 Å². The molecule has 1 atom stereocenters. The smallest absolute Gasteiger partial charge is 0.171 e. The fraction of sp³-hybridized carbons (Fsp3) is 0.389. The van der Waals surface area contributed by atoms with Crippen molar-refractivity contribution in [2.75, 3.05) is 0 Å². The van der Waals surface area contributed by atoms with Gasteiger partial charge in [-0.1, -0.05) is 18.2 Å². The average molecular weight is 347 g/mol. The van der Waals surface area contributed by atoms with E-state index in [-0.39, 0.29) is 11.4 Å². The molecule has 2 rings (SSSR count). The lowest BCUT2D eigenvalue weighted by atomic mass is 10.0. The molecular formula is C18H22FN3OS. The van der Waals surface area contributed by atoms with Gasteiger partial charge in [0.05, 0.1) is 16.7 Å². The number of aryl methyl sites for hydroxylation is 3. The van der Waals surface area contributed by atoms with Crippen molar-refractivity contribution in [3.63, 3.8) is 0 Å². The van der Waals surface area contributed by atoms with Crippen LogP contribution in [0.5, 0.6) is 0 Å². The number of nitrogens with zero attached hydrogens (tertiary/aromatic N) is 3. The van der Waals surface area contributed by atoms with Crippen molar-refractivity contribution in [1.82, 2.24) is 9.97 Å². The van der Waals surface area contributed by atoms with Crippen molar-refractivity contribution in [1.29, 1.82) is 0 Å². The summed E-state index contributed by atoms with van der Waals surface area (Å²) in [5.74, 6) is -0.0906. The fourth-order valence-corrected chi connectivity index (χ4v) is 2.71. The van der Waals surface area contributed by atoms with Gasteiger partial charge in [0, 0.05) is 5.56 Å². The number of hydrogen-bond acceptors (Lipinski definition) is 3. The van der Waals surface area contributed by atoms with E-state index in [0.29, 0.717) is 5.82 Å². The zero-order valence-electron chi connectivity index (χ0n) is 14.8. The topological polar surface area (TPSA) is 55.2 Å². The van der Waals surface area contributed by atoms with Gasteiger partial charge in [-0.05, 0) is 52.7 Å². The Morgan fingerprint density at radius 2 is 1.71 bits per heavy atom. The Morgan fingerprint density at radius 1 is 1.12 bits per heavy atom. The molecule has 0 saturated carbocycles. The van der Waals surface area contributed by atoms with Crippen LogP contribution in [-0.2, 0) is 11.0 Å². The summed E-state index contributed by atoms with van der Waals surface area (Å²) >= 11 is 0. The molecule has 0 bridgehead atoms. The van der Waals surface area contributed by atoms with E-state index in [1.165, 1.54) is 6.21 Å². The number of aromatic nitrogens is 2. The molecule has 0 N–H and O–H groups in total. The Balaban J connectivity index is 2.54. The third kappa shape index (κ3) is 3.93. The Labute approximate surface area is 144 Å². The van der Waals surface area contributed by atoms with E-state index in [1.807, 2.05) is 52.8 Å². The summed E-state index contributed by atoms with van der Waals surface area (Å²) < 4.78 is 29.8. The lowest BCUT2D eigenvalue weighted by Gasteiger charge is -2.13. The summed E-state index contributed by atoms with van der Waals surface area (Å²) in [5.41, 5.74) is 3.21. The maximum Gasteiger partial charge on any atom is 0.171 e. The van der Waals surface area contributed by atoms with Crippen molar-refractivity contribution < 1.29 is 8.60 Å². The van der Waals surface area contributed by atoms with Crippen molar-refractivity contribution in [2.45, 2.75) is 46.3 Å². The van der Waals surface area contributed by atoms with Gasteiger partial charge < -0.3 is 0 Å². The maximum absolute atomic E-state index is 14.3. The molecule has 1 aromatic carbocycles. The van der Waals surface area contributed by atoms with Crippen molar-refractivity contribution in [3.8, 4) is 11.4 Å². The Morgan fingerprint density at radius 3 is 2.25 bits per heavy atom. The summed E-state index contributed by atoms with van der Waals surface area (Å²) in [6.45, 7) is 10.9. The number of hydrogen-bond donors (Lipinski definition) is 0. The summed E-state index contributed by atoms with van der Waals surface area (Å²) in [4.78, 5) is 8.59. The van der Waals surface area contributed by atoms with Gasteiger partial charge in [0.25, 0.3) is 0 Å². The molecule has 0 amide bonds. The maximum atomic E-state index is 14.3. The Hall–Kier alpha value is -1.95. The quantitative estimate of drug-likeness (QED) is 0.786. The molecule has 1 heterocycles. The van der Waals surface area contributed by atoms with Gasteiger partial charge in [0.1, 0.15) is 16.7 Å². The van der Waals surface area contributed by atoms with Gasteiger partial charge in [-0.25, -0.2) is 18.6 Å². The predicted octanol–water partition coefficient (Wildman–Crippen LogP) is 4.09. The highest BCUT2D eigenvalue weighted by Crippen LogP contribution is 2.25. The van der Waals surface area contributed by atoms with Crippen LogP contribution in [0.3, 0.4) is 0 Å². The standard InChI is InChI=1S/C18H22FN3OS/c1-11-8-7-9-12(2)15(11)17-21-13(3)16(19)14(22-17)10-20-24(23)18(4,5)6/h7-10H,1-6H3/b20-10+/t24-/m1/s1. The SMILES string of the molecule is Cc1cccc(C)c1-c1nc(C)c(F)c(/C=N/[S@](=O)C(C)(C)C)n1. The first kappa shape index (κ1) is 18.4. The van der Waals surface area contributed by atoms with E-state index in [4.69, 9.17) is 0 Å². The van der Waals surface area contributed by atoms with Crippen LogP contribution in [0.15, 0.2) is 22.6 Å². The van der Waals surface area contributed by atoms with Crippen LogP contribution in [0.25, 0.3) is 11.4 Å². The van der Waals surface area contributed by atoms with E-state index in [0.717, 1.165) is 16.7 Å². The van der Waals surface area contributed by atoms with Crippen molar-refractivity contribution in [3.05, 3.63) is 46.5 Å². The molecule has 6 heteroatoms. The monoisotopic (exact) mass is 347 g/mol. The number of benzene rings is 1. The lowest BCUT2D eigenvalue weighted by molar-refractivity contribution is 0.600. The van der Waals surface area contributed by atoms with Crippen LogP contribution in [0.4, 0.5) is 4.39 Å². The second kappa shape index (κ2) is 6.89. The van der Waals surface area contributed by atoms with Gasteiger partial charge in [-0.3, -0.25) is 0 Å². The third-order valence-electron chi connectivity index (χ3n) is 3.54. The first-order valence-electron chi connectivity index (χ1n) is 7.68. The molecule has 0 unspecified atom stereocenters. The van der Waals surface area contributed by atoms with E-state index < -0.39 is 21.5 Å². The first-order valence-corrected chi connectivity index (χ1v) is 8.78. The normalized spacial score (nSPS) is 13.5. The molecule has 0 radical (unpaired) electrons. The van der Waals surface area contributed by atoms with Crippen LogP contribution in [-0.4, -0.2) is 25.1 Å². The van der Waals surface area contributed by atoms with Gasteiger partial charge in [-0.15, -0.1) is 0 Å². The zero-order valence-corrected chi connectivity index (χ0v) is 15.7. The summed E-state index contributed by atoms with van der Waals surface area (Å²) in [6.07, 6.45) is 1.24. The predicted molar refractivity (Wildman–Crippen MR) is 97.1 cm³/mol. The van der Waals surface area contributed by atoms with Crippen LogP contribution >= 0.6 is 0 Å². The lowest BCUT2D eigenvalue weighted by Crippen LogP contribution is -2.19. The molecule has 24 heavy (non-hydrogen) atoms. The minimum Gasteiger partial charge on any atom is -0.234 e. The molecule has 0 aliphatic carbocycles. The van der Waals surface area contributed by atoms with Crippen molar-refractivity contribution >= 4 is 17.2 Å². The molecule has 0 aliphatic heterocycles. The molecule has 1 aromatic heterocycles. The van der Waals surface area contributed by atoms with Crippen LogP contribution in [0.2, 0.25) is 0 Å². The highest BCUT2D eigenvalue weighted by atomic mass is 32.2. The minimum absolute atomic E-state index is 0.0535. The van der Waals surface area contributed by atoms with Gasteiger partial charge in [0.15, 0.2) is 11.6 Å². The van der Waals surface area contributed by atoms with Crippen LogP contribution < -0.4 is 0 Å². The number of rotatable bonds is 3.